The van der Waals surface area contributed by atoms with Gasteiger partial charge in [-0.25, -0.2) is 0 Å². The Morgan fingerprint density at radius 3 is 2.86 bits per heavy atom. The van der Waals surface area contributed by atoms with Gasteiger partial charge in [0.25, 0.3) is 5.91 Å². The summed E-state index contributed by atoms with van der Waals surface area (Å²) in [5.41, 5.74) is 7.43. The highest BCUT2D eigenvalue weighted by atomic mass is 32.1. The maximum atomic E-state index is 12.3. The molecule has 3 N–H and O–H groups in total. The molecule has 0 aliphatic carbocycles. The topological polar surface area (TPSA) is 64.3 Å². The van der Waals surface area contributed by atoms with Crippen LogP contribution in [-0.2, 0) is 0 Å². The highest BCUT2D eigenvalue weighted by Crippen LogP contribution is 2.25. The third kappa shape index (κ3) is 2.68. The van der Waals surface area contributed by atoms with Crippen molar-refractivity contribution in [3.8, 4) is 5.75 Å². The van der Waals surface area contributed by atoms with Crippen LogP contribution in [0.3, 0.4) is 0 Å². The second-order valence-electron chi connectivity index (χ2n) is 4.58. The molecule has 0 aliphatic heterocycles. The number of nitrogen functional groups attached to an aromatic ring is 1. The van der Waals surface area contributed by atoms with Gasteiger partial charge in [-0.2, -0.15) is 0 Å². The van der Waals surface area contributed by atoms with E-state index in [9.17, 15) is 4.79 Å². The van der Waals surface area contributed by atoms with Gasteiger partial charge in [0, 0.05) is 16.1 Å². The highest BCUT2D eigenvalue weighted by Gasteiger charge is 2.11. The number of benzene rings is 2. The molecule has 1 aromatic heterocycles. The molecule has 0 spiro atoms. The first-order chi connectivity index (χ1) is 10.2. The van der Waals surface area contributed by atoms with Crippen molar-refractivity contribution in [1.82, 2.24) is 0 Å². The van der Waals surface area contributed by atoms with Crippen LogP contribution >= 0.6 is 11.3 Å². The van der Waals surface area contributed by atoms with E-state index in [4.69, 9.17) is 10.5 Å². The molecule has 0 unspecified atom stereocenters. The summed E-state index contributed by atoms with van der Waals surface area (Å²) >= 11 is 1.67. The normalized spacial score (nSPS) is 10.5. The fourth-order valence-corrected chi connectivity index (χ4v) is 2.87. The number of hydrogen-bond donors (Lipinski definition) is 2. The molecule has 1 amide bonds. The average Bonchev–Trinajstić information content (AvgIpc) is 2.95. The summed E-state index contributed by atoms with van der Waals surface area (Å²) < 4.78 is 6.31. The van der Waals surface area contributed by atoms with Gasteiger partial charge in [0.15, 0.2) is 0 Å². The second-order valence-corrected chi connectivity index (χ2v) is 5.53. The Kier molecular flexibility index (Phi) is 3.50. The minimum atomic E-state index is -0.249. The molecule has 1 heterocycles. The molecule has 0 fully saturated rings. The number of methoxy groups -OCH3 is 1. The predicted octanol–water partition coefficient (Wildman–Crippen LogP) is 3.74. The highest BCUT2D eigenvalue weighted by molar-refractivity contribution is 7.17. The molecule has 4 nitrogen and oxygen atoms in total. The molecule has 5 heteroatoms. The number of hydrogen-bond acceptors (Lipinski definition) is 4. The van der Waals surface area contributed by atoms with Crippen molar-refractivity contribution in [2.24, 2.45) is 0 Å². The Morgan fingerprint density at radius 1 is 1.19 bits per heavy atom. The molecule has 0 saturated heterocycles. The van der Waals surface area contributed by atoms with Crippen molar-refractivity contribution in [2.45, 2.75) is 0 Å². The fraction of sp³-hybridized carbons (Fsp3) is 0.0625. The van der Waals surface area contributed by atoms with E-state index in [1.165, 1.54) is 4.70 Å². The summed E-state index contributed by atoms with van der Waals surface area (Å²) in [5.74, 6) is 0.351. The molecule has 21 heavy (non-hydrogen) atoms. The molecular formula is C16H14N2O2S. The van der Waals surface area contributed by atoms with Crippen LogP contribution in [0.5, 0.6) is 5.75 Å². The Bertz CT molecular complexity index is 811. The quantitative estimate of drug-likeness (QED) is 0.724. The van der Waals surface area contributed by atoms with E-state index in [0.717, 1.165) is 11.1 Å². The number of anilines is 2. The zero-order chi connectivity index (χ0) is 14.8. The van der Waals surface area contributed by atoms with Gasteiger partial charge in [-0.1, -0.05) is 0 Å². The smallest absolute Gasteiger partial charge is 0.257 e. The summed E-state index contributed by atoms with van der Waals surface area (Å²) in [4.78, 5) is 12.3. The Hall–Kier alpha value is -2.53. The van der Waals surface area contributed by atoms with E-state index in [1.54, 1.807) is 36.6 Å². The third-order valence-electron chi connectivity index (χ3n) is 3.22. The van der Waals surface area contributed by atoms with Crippen molar-refractivity contribution in [1.29, 1.82) is 0 Å². The van der Waals surface area contributed by atoms with E-state index in [0.29, 0.717) is 17.0 Å². The van der Waals surface area contributed by atoms with Crippen LogP contribution in [-0.4, -0.2) is 13.0 Å². The maximum Gasteiger partial charge on any atom is 0.257 e. The maximum absolute atomic E-state index is 12.3. The zero-order valence-corrected chi connectivity index (χ0v) is 12.2. The van der Waals surface area contributed by atoms with Gasteiger partial charge < -0.3 is 15.8 Å². The van der Waals surface area contributed by atoms with E-state index in [-0.39, 0.29) is 5.91 Å². The van der Waals surface area contributed by atoms with Crippen molar-refractivity contribution in [2.75, 3.05) is 18.2 Å². The van der Waals surface area contributed by atoms with Gasteiger partial charge in [-0.05, 0) is 53.2 Å². The first-order valence-electron chi connectivity index (χ1n) is 6.39. The van der Waals surface area contributed by atoms with Gasteiger partial charge in [0.1, 0.15) is 5.75 Å². The van der Waals surface area contributed by atoms with E-state index in [2.05, 4.69) is 5.32 Å². The Labute approximate surface area is 126 Å². The number of carbonyl (C=O) groups is 1. The van der Waals surface area contributed by atoms with Crippen molar-refractivity contribution < 1.29 is 9.53 Å². The van der Waals surface area contributed by atoms with Crippen LogP contribution in [0.4, 0.5) is 11.4 Å². The van der Waals surface area contributed by atoms with Crippen LogP contribution in [0.1, 0.15) is 10.4 Å². The molecule has 0 aliphatic rings. The van der Waals surface area contributed by atoms with Gasteiger partial charge >= 0.3 is 0 Å². The third-order valence-corrected chi connectivity index (χ3v) is 4.11. The molecule has 106 valence electrons. The molecular weight excluding hydrogens is 284 g/mol. The van der Waals surface area contributed by atoms with Crippen molar-refractivity contribution in [3.63, 3.8) is 0 Å². The number of amides is 1. The number of carbonyl (C=O) groups excluding carboxylic acids is 1. The standard InChI is InChI=1S/C16H14N2O2S/c1-20-12-3-4-14(17)13(9-12)16(19)18-11-2-5-15-10(8-11)6-7-21-15/h2-9H,17H2,1H3,(H,18,19). The van der Waals surface area contributed by atoms with Crippen molar-refractivity contribution >= 4 is 38.7 Å². The summed E-state index contributed by atoms with van der Waals surface area (Å²) in [5, 5.41) is 5.99. The largest absolute Gasteiger partial charge is 0.497 e. The lowest BCUT2D eigenvalue weighted by Gasteiger charge is -2.09. The molecule has 0 saturated carbocycles. The van der Waals surface area contributed by atoms with Crippen LogP contribution in [0.2, 0.25) is 0 Å². The molecule has 2 aromatic carbocycles. The SMILES string of the molecule is COc1ccc(N)c(C(=O)Nc2ccc3sccc3c2)c1. The number of nitrogens with one attached hydrogen (secondary N) is 1. The lowest BCUT2D eigenvalue weighted by atomic mass is 10.1. The van der Waals surface area contributed by atoms with Crippen molar-refractivity contribution in [3.05, 3.63) is 53.4 Å². The lowest BCUT2D eigenvalue weighted by Crippen LogP contribution is -2.14. The first kappa shape index (κ1) is 13.5. The van der Waals surface area contributed by atoms with Crippen LogP contribution in [0.25, 0.3) is 10.1 Å². The molecule has 0 bridgehead atoms. The second kappa shape index (κ2) is 5.46. The summed E-state index contributed by atoms with van der Waals surface area (Å²) in [7, 11) is 1.55. The van der Waals surface area contributed by atoms with Gasteiger partial charge in [0.05, 0.1) is 12.7 Å². The number of fused-ring (bicyclic) bond motifs is 1. The molecule has 3 rings (SSSR count). The summed E-state index contributed by atoms with van der Waals surface area (Å²) in [6.07, 6.45) is 0. The van der Waals surface area contributed by atoms with Crippen LogP contribution < -0.4 is 15.8 Å². The first-order valence-corrected chi connectivity index (χ1v) is 7.27. The van der Waals surface area contributed by atoms with E-state index in [1.807, 2.05) is 29.6 Å². The monoisotopic (exact) mass is 298 g/mol. The van der Waals surface area contributed by atoms with Gasteiger partial charge in [-0.3, -0.25) is 4.79 Å². The number of rotatable bonds is 3. The van der Waals surface area contributed by atoms with Crippen LogP contribution in [0, 0.1) is 0 Å². The van der Waals surface area contributed by atoms with Crippen LogP contribution in [0.15, 0.2) is 47.8 Å². The number of nitrogens with two attached hydrogens (primary N) is 1. The predicted molar refractivity (Wildman–Crippen MR) is 87.2 cm³/mol. The van der Waals surface area contributed by atoms with Gasteiger partial charge in [-0.15, -0.1) is 11.3 Å². The van der Waals surface area contributed by atoms with E-state index >= 15 is 0 Å². The van der Waals surface area contributed by atoms with E-state index < -0.39 is 0 Å². The summed E-state index contributed by atoms with van der Waals surface area (Å²) in [6, 6.07) is 12.9. The zero-order valence-electron chi connectivity index (χ0n) is 11.4. The molecule has 0 radical (unpaired) electrons. The molecule has 0 atom stereocenters. The Morgan fingerprint density at radius 2 is 2.05 bits per heavy atom. The number of thiophene rings is 1. The number of ether oxygens (including phenoxy) is 1. The molecule has 3 aromatic rings. The minimum absolute atomic E-state index is 0.249. The lowest BCUT2D eigenvalue weighted by molar-refractivity contribution is 0.102. The van der Waals surface area contributed by atoms with Gasteiger partial charge in [0.2, 0.25) is 0 Å². The summed E-state index contributed by atoms with van der Waals surface area (Å²) in [6.45, 7) is 0. The average molecular weight is 298 g/mol. The Balaban J connectivity index is 1.88. The minimum Gasteiger partial charge on any atom is -0.497 e. The fourth-order valence-electron chi connectivity index (χ4n) is 2.10.